The van der Waals surface area contributed by atoms with Crippen molar-refractivity contribution in [3.05, 3.63) is 29.8 Å². The Labute approximate surface area is 152 Å². The summed E-state index contributed by atoms with van der Waals surface area (Å²) in [5, 5.41) is 2.95. The van der Waals surface area contributed by atoms with Crippen molar-refractivity contribution in [3.8, 4) is 0 Å². The first kappa shape index (κ1) is 18.3. The molecule has 2 fully saturated rings. The number of sulfone groups is 1. The maximum absolute atomic E-state index is 12.7. The summed E-state index contributed by atoms with van der Waals surface area (Å²) >= 11 is 1.66. The molecule has 2 saturated heterocycles. The van der Waals surface area contributed by atoms with E-state index in [4.69, 9.17) is 0 Å². The summed E-state index contributed by atoms with van der Waals surface area (Å²) in [6.45, 7) is 3.86. The molecular formula is C17H22N2O4S2. The minimum absolute atomic E-state index is 0.0396. The van der Waals surface area contributed by atoms with E-state index in [2.05, 4.69) is 5.32 Å². The van der Waals surface area contributed by atoms with E-state index in [1.54, 1.807) is 40.9 Å². The van der Waals surface area contributed by atoms with Gasteiger partial charge in [0.05, 0.1) is 15.8 Å². The number of amides is 2. The number of hydrogen-bond acceptors (Lipinski definition) is 5. The molecule has 6 nitrogen and oxygen atoms in total. The van der Waals surface area contributed by atoms with Gasteiger partial charge < -0.3 is 10.2 Å². The monoisotopic (exact) mass is 382 g/mol. The van der Waals surface area contributed by atoms with Crippen molar-refractivity contribution < 1.29 is 18.0 Å². The van der Waals surface area contributed by atoms with Crippen molar-refractivity contribution in [2.45, 2.75) is 48.5 Å². The van der Waals surface area contributed by atoms with Crippen LogP contribution in [0, 0.1) is 0 Å². The normalized spacial score (nSPS) is 27.2. The van der Waals surface area contributed by atoms with E-state index in [-0.39, 0.29) is 27.6 Å². The van der Waals surface area contributed by atoms with Crippen LogP contribution in [0.4, 0.5) is 0 Å². The van der Waals surface area contributed by atoms with Gasteiger partial charge in [-0.25, -0.2) is 8.42 Å². The third-order valence-corrected chi connectivity index (χ3v) is 7.55. The van der Waals surface area contributed by atoms with Crippen LogP contribution in [-0.4, -0.2) is 48.1 Å². The van der Waals surface area contributed by atoms with Crippen LogP contribution in [-0.2, 0) is 19.4 Å². The van der Waals surface area contributed by atoms with Gasteiger partial charge in [-0.1, -0.05) is 12.1 Å². The maximum atomic E-state index is 12.7. The Hall–Kier alpha value is -1.54. The topological polar surface area (TPSA) is 83.6 Å². The third kappa shape index (κ3) is 3.42. The van der Waals surface area contributed by atoms with Gasteiger partial charge in [0.2, 0.25) is 11.8 Å². The molecule has 1 aromatic carbocycles. The van der Waals surface area contributed by atoms with Crippen molar-refractivity contribution >= 4 is 33.4 Å². The predicted molar refractivity (Wildman–Crippen MR) is 96.8 cm³/mol. The molecule has 3 rings (SSSR count). The largest absolute Gasteiger partial charge is 0.348 e. The Morgan fingerprint density at radius 3 is 2.60 bits per heavy atom. The van der Waals surface area contributed by atoms with E-state index in [9.17, 15) is 18.0 Å². The van der Waals surface area contributed by atoms with Crippen LogP contribution in [0.1, 0.15) is 38.3 Å². The van der Waals surface area contributed by atoms with E-state index in [1.807, 2.05) is 13.8 Å². The maximum Gasteiger partial charge on any atom is 0.244 e. The summed E-state index contributed by atoms with van der Waals surface area (Å²) in [6.07, 6.45) is 2.44. The first-order valence-electron chi connectivity index (χ1n) is 8.18. The first-order valence-corrected chi connectivity index (χ1v) is 11.1. The molecule has 1 aromatic rings. The zero-order chi connectivity index (χ0) is 18.4. The zero-order valence-electron chi connectivity index (χ0n) is 14.5. The van der Waals surface area contributed by atoms with Crippen molar-refractivity contribution in [2.75, 3.05) is 12.0 Å². The molecule has 0 saturated carbocycles. The standard InChI is InChI=1S/C17H22N2O4S2/c1-11(12-4-6-13(7-5-12)25(3,22)23)18-16(21)14-10-24-17(2)9-8-15(20)19(14)17/h4-7,11,14H,8-10H2,1-3H3,(H,18,21)/t11-,14+,17+/m0/s1. The molecule has 0 spiro atoms. The molecule has 0 aliphatic carbocycles. The number of fused-ring (bicyclic) bond motifs is 1. The second-order valence-electron chi connectivity index (χ2n) is 6.84. The molecule has 0 unspecified atom stereocenters. The molecule has 2 aliphatic rings. The molecule has 0 aromatic heterocycles. The highest BCUT2D eigenvalue weighted by Crippen LogP contribution is 2.47. The van der Waals surface area contributed by atoms with Gasteiger partial charge in [0, 0.05) is 18.4 Å². The minimum Gasteiger partial charge on any atom is -0.348 e. The lowest BCUT2D eigenvalue weighted by Gasteiger charge is -2.30. The highest BCUT2D eigenvalue weighted by Gasteiger charge is 2.52. The summed E-state index contributed by atoms with van der Waals surface area (Å²) in [4.78, 5) is 26.5. The Balaban J connectivity index is 1.70. The summed E-state index contributed by atoms with van der Waals surface area (Å²) in [6, 6.07) is 5.78. The van der Waals surface area contributed by atoms with Crippen LogP contribution in [0.15, 0.2) is 29.2 Å². The molecule has 2 aliphatic heterocycles. The first-order chi connectivity index (χ1) is 11.6. The molecular weight excluding hydrogens is 360 g/mol. The Morgan fingerprint density at radius 2 is 2.00 bits per heavy atom. The number of nitrogens with zero attached hydrogens (tertiary/aromatic N) is 1. The molecule has 0 bridgehead atoms. The van der Waals surface area contributed by atoms with Crippen molar-refractivity contribution in [1.29, 1.82) is 0 Å². The number of thioether (sulfide) groups is 1. The predicted octanol–water partition coefficient (Wildman–Crippen LogP) is 1.72. The van der Waals surface area contributed by atoms with E-state index in [0.717, 1.165) is 18.2 Å². The number of hydrogen-bond donors (Lipinski definition) is 1. The molecule has 136 valence electrons. The second-order valence-corrected chi connectivity index (χ2v) is 10.4. The van der Waals surface area contributed by atoms with E-state index in [0.29, 0.717) is 12.2 Å². The average molecular weight is 383 g/mol. The van der Waals surface area contributed by atoms with Gasteiger partial charge >= 0.3 is 0 Å². The van der Waals surface area contributed by atoms with Gasteiger partial charge in [0.15, 0.2) is 9.84 Å². The minimum atomic E-state index is -3.24. The summed E-state index contributed by atoms with van der Waals surface area (Å²) in [7, 11) is -3.24. The number of rotatable bonds is 4. The quantitative estimate of drug-likeness (QED) is 0.857. The van der Waals surface area contributed by atoms with E-state index >= 15 is 0 Å². The summed E-state index contributed by atoms with van der Waals surface area (Å²) in [5.74, 6) is 0.484. The highest BCUT2D eigenvalue weighted by molar-refractivity contribution is 8.01. The van der Waals surface area contributed by atoms with Crippen LogP contribution >= 0.6 is 11.8 Å². The molecule has 0 radical (unpaired) electrons. The second kappa shape index (κ2) is 6.32. The fourth-order valence-corrected chi connectivity index (χ4v) is 5.47. The van der Waals surface area contributed by atoms with Gasteiger partial charge in [-0.3, -0.25) is 9.59 Å². The fraction of sp³-hybridized carbons (Fsp3) is 0.529. The SMILES string of the molecule is C[C@H](NC(=O)[C@H]1CS[C@]2(C)CCC(=O)N12)c1ccc(S(C)(=O)=O)cc1. The van der Waals surface area contributed by atoms with E-state index in [1.165, 1.54) is 0 Å². The van der Waals surface area contributed by atoms with Crippen LogP contribution in [0.2, 0.25) is 0 Å². The fourth-order valence-electron chi connectivity index (χ4n) is 3.41. The molecule has 2 heterocycles. The van der Waals surface area contributed by atoms with Crippen LogP contribution in [0.5, 0.6) is 0 Å². The molecule has 3 atom stereocenters. The summed E-state index contributed by atoms with van der Waals surface area (Å²) < 4.78 is 23.0. The van der Waals surface area contributed by atoms with E-state index < -0.39 is 15.9 Å². The van der Waals surface area contributed by atoms with Crippen LogP contribution in [0.3, 0.4) is 0 Å². The number of carbonyl (C=O) groups is 2. The van der Waals surface area contributed by atoms with Crippen LogP contribution in [0.25, 0.3) is 0 Å². The van der Waals surface area contributed by atoms with Crippen LogP contribution < -0.4 is 5.32 Å². The average Bonchev–Trinajstić information content (AvgIpc) is 3.03. The van der Waals surface area contributed by atoms with Gasteiger partial charge in [-0.15, -0.1) is 11.8 Å². The number of nitrogens with one attached hydrogen (secondary N) is 1. The number of carbonyl (C=O) groups excluding carboxylic acids is 2. The Kier molecular flexibility index (Phi) is 4.61. The molecule has 25 heavy (non-hydrogen) atoms. The zero-order valence-corrected chi connectivity index (χ0v) is 16.1. The van der Waals surface area contributed by atoms with Gasteiger partial charge in [0.25, 0.3) is 0 Å². The lowest BCUT2D eigenvalue weighted by molar-refractivity contribution is -0.138. The smallest absolute Gasteiger partial charge is 0.244 e. The Bertz CT molecular complexity index is 806. The lowest BCUT2D eigenvalue weighted by Crippen LogP contribution is -2.50. The molecule has 2 amide bonds. The highest BCUT2D eigenvalue weighted by atomic mass is 32.2. The third-order valence-electron chi connectivity index (χ3n) is 4.91. The van der Waals surface area contributed by atoms with Gasteiger partial charge in [-0.05, 0) is 38.0 Å². The molecule has 8 heteroatoms. The van der Waals surface area contributed by atoms with Crippen molar-refractivity contribution in [2.24, 2.45) is 0 Å². The molecule has 1 N–H and O–H groups in total. The van der Waals surface area contributed by atoms with Crippen molar-refractivity contribution in [3.63, 3.8) is 0 Å². The van der Waals surface area contributed by atoms with Gasteiger partial charge in [-0.2, -0.15) is 0 Å². The summed E-state index contributed by atoms with van der Waals surface area (Å²) in [5.41, 5.74) is 0.821. The lowest BCUT2D eigenvalue weighted by atomic mass is 10.1. The Morgan fingerprint density at radius 1 is 1.36 bits per heavy atom. The van der Waals surface area contributed by atoms with Crippen molar-refractivity contribution in [1.82, 2.24) is 10.2 Å². The number of benzene rings is 1. The van der Waals surface area contributed by atoms with Gasteiger partial charge in [0.1, 0.15) is 6.04 Å².